The number of aryl methyl sites for hydroxylation is 2. The van der Waals surface area contributed by atoms with Crippen LogP contribution in [0.3, 0.4) is 0 Å². The fraction of sp³-hybridized carbons (Fsp3) is 0.278. The van der Waals surface area contributed by atoms with Crippen molar-refractivity contribution >= 4 is 21.7 Å². The number of anilines is 1. The molecule has 134 valence electrons. The molecule has 0 radical (unpaired) electrons. The molecule has 0 aliphatic rings. The Morgan fingerprint density at radius 2 is 1.76 bits per heavy atom. The number of sulfonamides is 1. The van der Waals surface area contributed by atoms with Crippen LogP contribution in [-0.4, -0.2) is 27.5 Å². The van der Waals surface area contributed by atoms with E-state index in [1.165, 1.54) is 12.1 Å². The molecule has 2 rings (SSSR count). The minimum atomic E-state index is -4.05. The highest BCUT2D eigenvalue weighted by molar-refractivity contribution is 7.92. The predicted molar refractivity (Wildman–Crippen MR) is 93.5 cm³/mol. The average Bonchev–Trinajstić information content (AvgIpc) is 2.54. The van der Waals surface area contributed by atoms with Crippen LogP contribution in [-0.2, 0) is 19.6 Å². The Hall–Kier alpha value is -2.41. The zero-order valence-electron chi connectivity index (χ0n) is 14.3. The van der Waals surface area contributed by atoms with Crippen LogP contribution in [0.15, 0.2) is 47.4 Å². The van der Waals surface area contributed by atoms with E-state index in [2.05, 4.69) is 0 Å². The number of ether oxygens (including phenoxy) is 1. The summed E-state index contributed by atoms with van der Waals surface area (Å²) in [6, 6.07) is 9.72. The smallest absolute Gasteiger partial charge is 0.326 e. The van der Waals surface area contributed by atoms with Gasteiger partial charge in [0.05, 0.1) is 17.2 Å². The summed E-state index contributed by atoms with van der Waals surface area (Å²) in [7, 11) is -4.05. The van der Waals surface area contributed by atoms with E-state index in [0.717, 1.165) is 22.0 Å². The molecule has 0 N–H and O–H groups in total. The minimum Gasteiger partial charge on any atom is -0.465 e. The van der Waals surface area contributed by atoms with Gasteiger partial charge in [0, 0.05) is 0 Å². The summed E-state index contributed by atoms with van der Waals surface area (Å²) in [5, 5.41) is 0. The van der Waals surface area contributed by atoms with E-state index in [1.807, 2.05) is 13.0 Å². The van der Waals surface area contributed by atoms with Gasteiger partial charge in [-0.25, -0.2) is 12.8 Å². The Morgan fingerprint density at radius 1 is 1.12 bits per heavy atom. The molecule has 2 aromatic carbocycles. The third-order valence-corrected chi connectivity index (χ3v) is 5.37. The van der Waals surface area contributed by atoms with Gasteiger partial charge in [-0.3, -0.25) is 9.10 Å². The normalized spacial score (nSPS) is 11.2. The number of hydrogen-bond acceptors (Lipinski definition) is 4. The Morgan fingerprint density at radius 3 is 2.32 bits per heavy atom. The number of halogens is 1. The maximum absolute atomic E-state index is 13.1. The van der Waals surface area contributed by atoms with Gasteiger partial charge < -0.3 is 4.74 Å². The van der Waals surface area contributed by atoms with Crippen molar-refractivity contribution in [3.63, 3.8) is 0 Å². The Bertz CT molecular complexity index is 863. The largest absolute Gasteiger partial charge is 0.465 e. The van der Waals surface area contributed by atoms with Crippen LogP contribution >= 0.6 is 0 Å². The first-order valence-corrected chi connectivity index (χ1v) is 9.21. The molecular formula is C18H20FNO4S. The number of benzene rings is 2. The van der Waals surface area contributed by atoms with Gasteiger partial charge in [-0.15, -0.1) is 0 Å². The number of hydrogen-bond donors (Lipinski definition) is 0. The fourth-order valence-corrected chi connectivity index (χ4v) is 3.92. The molecule has 0 aromatic heterocycles. The molecule has 0 heterocycles. The number of rotatable bonds is 6. The van der Waals surface area contributed by atoms with Crippen molar-refractivity contribution in [3.05, 3.63) is 59.4 Å². The molecule has 2 aromatic rings. The zero-order valence-corrected chi connectivity index (χ0v) is 15.1. The average molecular weight is 365 g/mol. The molecule has 0 spiro atoms. The lowest BCUT2D eigenvalue weighted by atomic mass is 10.1. The number of carbonyl (C=O) groups excluding carboxylic acids is 1. The van der Waals surface area contributed by atoms with Crippen LogP contribution in [0.1, 0.15) is 18.1 Å². The first kappa shape index (κ1) is 18.9. The summed E-state index contributed by atoms with van der Waals surface area (Å²) >= 11 is 0. The van der Waals surface area contributed by atoms with Gasteiger partial charge in [0.25, 0.3) is 10.0 Å². The highest BCUT2D eigenvalue weighted by Gasteiger charge is 2.28. The standard InChI is InChI=1S/C18H20FNO4S/c1-4-24-18(21)12-20(17-10-5-13(2)11-14(17)3)25(22,23)16-8-6-15(19)7-9-16/h5-11H,4,12H2,1-3H3. The second-order valence-corrected chi connectivity index (χ2v) is 7.42. The van der Waals surface area contributed by atoms with Gasteiger partial charge in [0.1, 0.15) is 12.4 Å². The van der Waals surface area contributed by atoms with E-state index < -0.39 is 28.4 Å². The van der Waals surface area contributed by atoms with Crippen molar-refractivity contribution in [2.45, 2.75) is 25.7 Å². The van der Waals surface area contributed by atoms with E-state index in [4.69, 9.17) is 4.74 Å². The Labute approximate surface area is 147 Å². The SMILES string of the molecule is CCOC(=O)CN(c1ccc(C)cc1C)S(=O)(=O)c1ccc(F)cc1. The molecule has 0 unspecified atom stereocenters. The van der Waals surface area contributed by atoms with Gasteiger partial charge in [-0.1, -0.05) is 17.7 Å². The van der Waals surface area contributed by atoms with E-state index >= 15 is 0 Å². The van der Waals surface area contributed by atoms with Crippen molar-refractivity contribution in [2.75, 3.05) is 17.5 Å². The molecule has 0 atom stereocenters. The molecule has 0 amide bonds. The van der Waals surface area contributed by atoms with Gasteiger partial charge in [0.15, 0.2) is 0 Å². The van der Waals surface area contributed by atoms with E-state index in [-0.39, 0.29) is 11.5 Å². The Kier molecular flexibility index (Phi) is 5.79. The number of esters is 1. The molecule has 25 heavy (non-hydrogen) atoms. The molecule has 0 saturated heterocycles. The second kappa shape index (κ2) is 7.65. The van der Waals surface area contributed by atoms with Gasteiger partial charge >= 0.3 is 5.97 Å². The summed E-state index contributed by atoms with van der Waals surface area (Å²) in [6.45, 7) is 4.99. The molecule has 0 aliphatic carbocycles. The fourth-order valence-electron chi connectivity index (χ4n) is 2.44. The zero-order chi connectivity index (χ0) is 18.6. The summed E-state index contributed by atoms with van der Waals surface area (Å²) in [6.07, 6.45) is 0. The topological polar surface area (TPSA) is 63.7 Å². The third kappa shape index (κ3) is 4.36. The van der Waals surface area contributed by atoms with Crippen LogP contribution in [0.5, 0.6) is 0 Å². The first-order valence-electron chi connectivity index (χ1n) is 7.77. The van der Waals surface area contributed by atoms with Crippen LogP contribution < -0.4 is 4.31 Å². The third-order valence-electron chi connectivity index (χ3n) is 3.60. The molecule has 0 saturated carbocycles. The van der Waals surface area contributed by atoms with Crippen LogP contribution in [0.4, 0.5) is 10.1 Å². The number of carbonyl (C=O) groups is 1. The van der Waals surface area contributed by atoms with Gasteiger partial charge in [0.2, 0.25) is 0 Å². The van der Waals surface area contributed by atoms with Crippen molar-refractivity contribution in [1.29, 1.82) is 0 Å². The lowest BCUT2D eigenvalue weighted by Gasteiger charge is -2.25. The molecule has 0 bridgehead atoms. The molecule has 5 nitrogen and oxygen atoms in total. The predicted octanol–water partition coefficient (Wildman–Crippen LogP) is 3.20. The monoisotopic (exact) mass is 365 g/mol. The van der Waals surface area contributed by atoms with Crippen LogP contribution in [0.25, 0.3) is 0 Å². The lowest BCUT2D eigenvalue weighted by Crippen LogP contribution is -2.37. The van der Waals surface area contributed by atoms with Gasteiger partial charge in [-0.2, -0.15) is 0 Å². The van der Waals surface area contributed by atoms with Crippen LogP contribution in [0.2, 0.25) is 0 Å². The van der Waals surface area contributed by atoms with Crippen molar-refractivity contribution < 1.29 is 22.3 Å². The Balaban J connectivity index is 2.53. The maximum Gasteiger partial charge on any atom is 0.326 e. The number of nitrogens with zero attached hydrogens (tertiary/aromatic N) is 1. The van der Waals surface area contributed by atoms with Crippen molar-refractivity contribution in [2.24, 2.45) is 0 Å². The quantitative estimate of drug-likeness (QED) is 0.738. The highest BCUT2D eigenvalue weighted by atomic mass is 32.2. The van der Waals surface area contributed by atoms with Crippen LogP contribution in [0, 0.1) is 19.7 Å². The summed E-state index contributed by atoms with van der Waals surface area (Å²) in [4.78, 5) is 11.8. The molecular weight excluding hydrogens is 345 g/mol. The summed E-state index contributed by atoms with van der Waals surface area (Å²) < 4.78 is 45.1. The van der Waals surface area contributed by atoms with Gasteiger partial charge in [-0.05, 0) is 56.7 Å². The molecule has 0 fully saturated rings. The van der Waals surface area contributed by atoms with Crippen molar-refractivity contribution in [1.82, 2.24) is 0 Å². The summed E-state index contributed by atoms with van der Waals surface area (Å²) in [5.41, 5.74) is 2.05. The van der Waals surface area contributed by atoms with E-state index in [0.29, 0.717) is 11.3 Å². The van der Waals surface area contributed by atoms with E-state index in [9.17, 15) is 17.6 Å². The first-order chi connectivity index (χ1) is 11.8. The summed E-state index contributed by atoms with van der Waals surface area (Å²) in [5.74, 6) is -1.20. The molecule has 7 heteroatoms. The highest BCUT2D eigenvalue weighted by Crippen LogP contribution is 2.27. The maximum atomic E-state index is 13.1. The lowest BCUT2D eigenvalue weighted by molar-refractivity contribution is -0.141. The second-order valence-electron chi connectivity index (χ2n) is 5.56. The van der Waals surface area contributed by atoms with E-state index in [1.54, 1.807) is 26.0 Å². The van der Waals surface area contributed by atoms with Crippen molar-refractivity contribution in [3.8, 4) is 0 Å². The minimum absolute atomic E-state index is 0.0989. The molecule has 0 aliphatic heterocycles.